The van der Waals surface area contributed by atoms with Gasteiger partial charge in [-0.15, -0.1) is 0 Å². The van der Waals surface area contributed by atoms with Crippen LogP contribution in [-0.2, 0) is 0 Å². The number of aromatic nitrogens is 2. The average molecular weight is 577 g/mol. The van der Waals surface area contributed by atoms with E-state index in [1.807, 2.05) is 12.1 Å². The number of furan rings is 1. The first kappa shape index (κ1) is 25.4. The first-order chi connectivity index (χ1) is 22.2. The zero-order valence-electron chi connectivity index (χ0n) is 24.6. The first-order valence-electron chi connectivity index (χ1n) is 15.2. The summed E-state index contributed by atoms with van der Waals surface area (Å²) in [5.74, 6) is 0. The van der Waals surface area contributed by atoms with E-state index in [1.165, 1.54) is 0 Å². The number of benzene rings is 6. The van der Waals surface area contributed by atoms with Crippen LogP contribution in [0.25, 0.3) is 79.4 Å². The van der Waals surface area contributed by atoms with Gasteiger partial charge in [-0.1, -0.05) is 104 Å². The Labute approximate surface area is 259 Å². The molecule has 0 aliphatic heterocycles. The zero-order chi connectivity index (χ0) is 30.1. The Morgan fingerprint density at radius 3 is 1.64 bits per heavy atom. The van der Waals surface area contributed by atoms with Crippen LogP contribution >= 0.6 is 0 Å². The van der Waals surface area contributed by atoms with Gasteiger partial charge in [-0.05, 0) is 65.7 Å². The van der Waals surface area contributed by atoms with Gasteiger partial charge in [0.25, 0.3) is 0 Å². The van der Waals surface area contributed by atoms with Crippen molar-refractivity contribution < 1.29 is 4.42 Å². The third-order valence-corrected chi connectivity index (χ3v) is 9.01. The Morgan fingerprint density at radius 2 is 0.933 bits per heavy atom. The van der Waals surface area contributed by atoms with Gasteiger partial charge in [0.2, 0.25) is 0 Å². The number of nitrogens with zero attached hydrogens (tertiary/aromatic N) is 2. The summed E-state index contributed by atoms with van der Waals surface area (Å²) in [6, 6.07) is 51.0. The van der Waals surface area contributed by atoms with Crippen molar-refractivity contribution in [1.82, 2.24) is 9.13 Å². The predicted octanol–water partition coefficient (Wildman–Crippen LogP) is 9.25. The van der Waals surface area contributed by atoms with Gasteiger partial charge in [0.1, 0.15) is 11.2 Å². The number of para-hydroxylation sites is 4. The van der Waals surface area contributed by atoms with Crippen molar-refractivity contribution in [3.05, 3.63) is 167 Å². The SMILES string of the molecule is C=c1/c(=c2/c(=C)c3ccccc3n2-c2cccc(-c3ccc4oc5ccccc5c4c3)c2)n(-c2ccccc2)c2ccccc12. The Balaban J connectivity index is 1.40. The fourth-order valence-electron chi connectivity index (χ4n) is 6.95. The van der Waals surface area contributed by atoms with Crippen LogP contribution in [0.15, 0.2) is 150 Å². The van der Waals surface area contributed by atoms with Crippen LogP contribution in [0.1, 0.15) is 0 Å². The highest BCUT2D eigenvalue weighted by Crippen LogP contribution is 2.33. The van der Waals surface area contributed by atoms with Crippen molar-refractivity contribution in [2.75, 3.05) is 0 Å². The summed E-state index contributed by atoms with van der Waals surface area (Å²) in [7, 11) is 0. The minimum absolute atomic E-state index is 0.896. The van der Waals surface area contributed by atoms with Crippen molar-refractivity contribution in [2.45, 2.75) is 0 Å². The van der Waals surface area contributed by atoms with Crippen LogP contribution in [0.3, 0.4) is 0 Å². The fraction of sp³-hybridized carbons (Fsp3) is 0. The standard InChI is InChI=1S/C42H28N2O/c1-27-33-17-6-9-20-37(33)43(31-14-4-3-5-15-31)41(27)42-28(2)34-18-7-10-21-38(34)44(42)32-16-12-13-29(25-32)30-23-24-40-36(26-30)35-19-8-11-22-39(35)45-40/h3-26H,1-2H2/b42-41+. The second kappa shape index (κ2) is 9.73. The van der Waals surface area contributed by atoms with E-state index < -0.39 is 0 Å². The lowest BCUT2D eigenvalue weighted by Crippen LogP contribution is -2.11. The number of hydrogen-bond acceptors (Lipinski definition) is 1. The average Bonchev–Trinajstić information content (AvgIpc) is 3.72. The second-order valence-electron chi connectivity index (χ2n) is 11.6. The van der Waals surface area contributed by atoms with Crippen molar-refractivity contribution >= 4 is 56.9 Å². The quantitative estimate of drug-likeness (QED) is 0.206. The van der Waals surface area contributed by atoms with Crippen molar-refractivity contribution in [1.29, 1.82) is 0 Å². The van der Waals surface area contributed by atoms with E-state index in [9.17, 15) is 0 Å². The smallest absolute Gasteiger partial charge is 0.135 e. The molecule has 212 valence electrons. The number of rotatable bonds is 3. The largest absolute Gasteiger partial charge is 0.456 e. The van der Waals surface area contributed by atoms with E-state index >= 15 is 0 Å². The predicted molar refractivity (Wildman–Crippen MR) is 187 cm³/mol. The lowest BCUT2D eigenvalue weighted by molar-refractivity contribution is 0.669. The van der Waals surface area contributed by atoms with Crippen LogP contribution in [0.5, 0.6) is 0 Å². The Bertz CT molecular complexity index is 2800. The van der Waals surface area contributed by atoms with Gasteiger partial charge in [-0.25, -0.2) is 0 Å². The minimum Gasteiger partial charge on any atom is -0.456 e. The molecule has 9 rings (SSSR count). The molecule has 0 fully saturated rings. The summed E-state index contributed by atoms with van der Waals surface area (Å²) >= 11 is 0. The van der Waals surface area contributed by atoms with Crippen molar-refractivity contribution in [2.24, 2.45) is 0 Å². The minimum atomic E-state index is 0.896. The lowest BCUT2D eigenvalue weighted by atomic mass is 10.0. The molecule has 0 spiro atoms. The highest BCUT2D eigenvalue weighted by atomic mass is 16.3. The molecular formula is C42H28N2O. The summed E-state index contributed by atoms with van der Waals surface area (Å²) in [5, 5.41) is 8.53. The van der Waals surface area contributed by atoms with E-state index in [4.69, 9.17) is 4.42 Å². The van der Waals surface area contributed by atoms with E-state index in [0.29, 0.717) is 0 Å². The van der Waals surface area contributed by atoms with Crippen LogP contribution in [-0.4, -0.2) is 9.13 Å². The number of hydrogen-bond donors (Lipinski definition) is 0. The normalized spacial score (nSPS) is 12.5. The molecule has 0 atom stereocenters. The van der Waals surface area contributed by atoms with Crippen LogP contribution in [0.4, 0.5) is 0 Å². The van der Waals surface area contributed by atoms with E-state index in [0.717, 1.165) is 87.4 Å². The lowest BCUT2D eigenvalue weighted by Gasteiger charge is -2.11. The molecule has 0 unspecified atom stereocenters. The molecule has 9 aromatic rings. The molecule has 0 saturated carbocycles. The molecule has 3 nitrogen and oxygen atoms in total. The molecule has 0 aliphatic carbocycles. The molecule has 0 radical (unpaired) electrons. The maximum absolute atomic E-state index is 6.12. The molecular weight excluding hydrogens is 548 g/mol. The molecule has 0 aliphatic rings. The molecule has 6 aromatic carbocycles. The first-order valence-corrected chi connectivity index (χ1v) is 15.2. The van der Waals surface area contributed by atoms with Gasteiger partial charge in [0.15, 0.2) is 0 Å². The highest BCUT2D eigenvalue weighted by molar-refractivity contribution is 6.06. The van der Waals surface area contributed by atoms with E-state index in [1.54, 1.807) is 0 Å². The molecule has 0 saturated heterocycles. The van der Waals surface area contributed by atoms with Gasteiger partial charge >= 0.3 is 0 Å². The molecule has 0 N–H and O–H groups in total. The van der Waals surface area contributed by atoms with E-state index in [-0.39, 0.29) is 0 Å². The molecule has 45 heavy (non-hydrogen) atoms. The molecule has 0 bridgehead atoms. The molecule has 3 heteroatoms. The maximum atomic E-state index is 6.12. The zero-order valence-corrected chi connectivity index (χ0v) is 24.6. The fourth-order valence-corrected chi connectivity index (χ4v) is 6.95. The van der Waals surface area contributed by atoms with E-state index in [2.05, 4.69) is 156 Å². The van der Waals surface area contributed by atoms with Gasteiger partial charge in [0, 0.05) is 43.4 Å². The summed E-state index contributed by atoms with van der Waals surface area (Å²) in [4.78, 5) is 0. The van der Waals surface area contributed by atoms with Crippen LogP contribution < -0.4 is 10.4 Å². The monoisotopic (exact) mass is 576 g/mol. The Kier molecular flexibility index (Phi) is 5.50. The molecule has 3 heterocycles. The Morgan fingerprint density at radius 1 is 0.400 bits per heavy atom. The van der Waals surface area contributed by atoms with Crippen LogP contribution in [0, 0.1) is 10.7 Å². The van der Waals surface area contributed by atoms with Crippen molar-refractivity contribution in [3.8, 4) is 22.5 Å². The third-order valence-electron chi connectivity index (χ3n) is 9.01. The van der Waals surface area contributed by atoms with Gasteiger partial charge in [-0.2, -0.15) is 0 Å². The van der Waals surface area contributed by atoms with Gasteiger partial charge < -0.3 is 13.6 Å². The summed E-state index contributed by atoms with van der Waals surface area (Å²) < 4.78 is 10.8. The molecule has 0 amide bonds. The summed E-state index contributed by atoms with van der Waals surface area (Å²) in [5.41, 5.74) is 8.45. The highest BCUT2D eigenvalue weighted by Gasteiger charge is 2.16. The number of fused-ring (bicyclic) bond motifs is 5. The van der Waals surface area contributed by atoms with Crippen LogP contribution in [0.2, 0.25) is 0 Å². The topological polar surface area (TPSA) is 23.0 Å². The summed E-state index contributed by atoms with van der Waals surface area (Å²) in [6.07, 6.45) is 0. The van der Waals surface area contributed by atoms with Crippen molar-refractivity contribution in [3.63, 3.8) is 0 Å². The Hall–Kier alpha value is -6.06. The van der Waals surface area contributed by atoms with Gasteiger partial charge in [-0.3, -0.25) is 0 Å². The summed E-state index contributed by atoms with van der Waals surface area (Å²) in [6.45, 7) is 9.34. The molecule has 3 aromatic heterocycles. The maximum Gasteiger partial charge on any atom is 0.135 e. The second-order valence-corrected chi connectivity index (χ2v) is 11.6. The third kappa shape index (κ3) is 3.77. The van der Waals surface area contributed by atoms with Gasteiger partial charge in [0.05, 0.1) is 21.7 Å².